The maximum atomic E-state index is 14.4. The number of nitrogens with zero attached hydrogens (tertiary/aromatic N) is 3. The SMILES string of the molecule is O=C(NC1CC2(CCN(CC3CCN(c4c(F)cc([N+](=O)[O-])cc4F)CC3)CC2)C1)OCc1ccccc1. The molecule has 1 N–H and O–H groups in total. The molecule has 8 nitrogen and oxygen atoms in total. The molecule has 1 amide bonds. The van der Waals surface area contributed by atoms with Gasteiger partial charge in [0.2, 0.25) is 0 Å². The highest BCUT2D eigenvalue weighted by Gasteiger charge is 2.46. The van der Waals surface area contributed by atoms with Gasteiger partial charge in [0.1, 0.15) is 12.3 Å². The fraction of sp³-hybridized carbons (Fsp3) is 0.536. The van der Waals surface area contributed by atoms with Crippen molar-refractivity contribution >= 4 is 17.5 Å². The molecule has 2 heterocycles. The van der Waals surface area contributed by atoms with E-state index in [1.165, 1.54) is 0 Å². The Labute approximate surface area is 221 Å². The molecule has 10 heteroatoms. The van der Waals surface area contributed by atoms with E-state index in [1.54, 1.807) is 4.90 Å². The normalized spacial score (nSPS) is 20.2. The first-order chi connectivity index (χ1) is 18.3. The van der Waals surface area contributed by atoms with E-state index in [4.69, 9.17) is 4.74 Å². The number of hydrogen-bond donors (Lipinski definition) is 1. The van der Waals surface area contributed by atoms with E-state index in [1.807, 2.05) is 30.3 Å². The lowest BCUT2D eigenvalue weighted by molar-refractivity contribution is -0.385. The van der Waals surface area contributed by atoms with Crippen LogP contribution >= 0.6 is 0 Å². The number of non-ortho nitro benzene ring substituents is 1. The van der Waals surface area contributed by atoms with Crippen LogP contribution in [0, 0.1) is 33.1 Å². The predicted octanol–water partition coefficient (Wildman–Crippen LogP) is 5.26. The molecule has 0 atom stereocenters. The third kappa shape index (κ3) is 6.06. The molecular formula is C28H34F2N4O4. The van der Waals surface area contributed by atoms with Gasteiger partial charge in [-0.2, -0.15) is 0 Å². The van der Waals surface area contributed by atoms with Crippen molar-refractivity contribution in [1.82, 2.24) is 10.2 Å². The standard InChI is InChI=1S/C28H34F2N4O4/c29-24-14-23(34(36)37)15-25(30)26(24)33-10-6-20(7-11-33)18-32-12-8-28(9-13-32)16-22(17-28)31-27(35)38-19-21-4-2-1-3-5-21/h1-5,14-15,20,22H,6-13,16-19H2,(H,31,35). The van der Waals surface area contributed by atoms with Crippen molar-refractivity contribution in [2.45, 2.75) is 51.2 Å². The fourth-order valence-corrected chi connectivity index (χ4v) is 6.30. The summed E-state index contributed by atoms with van der Waals surface area (Å²) >= 11 is 0. The predicted molar refractivity (Wildman–Crippen MR) is 139 cm³/mol. The Hall–Kier alpha value is -3.27. The Bertz CT molecular complexity index is 1120. The zero-order valence-electron chi connectivity index (χ0n) is 21.4. The number of alkyl carbamates (subject to hydrolysis) is 1. The van der Waals surface area contributed by atoms with Crippen LogP contribution in [0.1, 0.15) is 44.1 Å². The molecule has 3 fully saturated rings. The van der Waals surface area contributed by atoms with Crippen molar-refractivity contribution in [3.05, 3.63) is 69.8 Å². The van der Waals surface area contributed by atoms with Crippen LogP contribution in [0.4, 0.5) is 25.0 Å². The zero-order chi connectivity index (χ0) is 26.7. The molecule has 2 aromatic rings. The van der Waals surface area contributed by atoms with Crippen LogP contribution in [0.25, 0.3) is 0 Å². The Morgan fingerprint density at radius 1 is 1.05 bits per heavy atom. The Balaban J connectivity index is 1.01. The number of ether oxygens (including phenoxy) is 1. The number of carbonyl (C=O) groups is 1. The molecular weight excluding hydrogens is 494 g/mol. The molecule has 0 unspecified atom stereocenters. The summed E-state index contributed by atoms with van der Waals surface area (Å²) in [6, 6.07) is 11.4. The van der Waals surface area contributed by atoms with Crippen LogP contribution in [0.2, 0.25) is 0 Å². The van der Waals surface area contributed by atoms with Gasteiger partial charge in [-0.05, 0) is 68.5 Å². The number of rotatable bonds is 7. The third-order valence-corrected chi connectivity index (χ3v) is 8.47. The first-order valence-electron chi connectivity index (χ1n) is 13.4. The van der Waals surface area contributed by atoms with Crippen molar-refractivity contribution in [2.24, 2.45) is 11.3 Å². The number of halogens is 2. The highest BCUT2D eigenvalue weighted by Crippen LogP contribution is 2.49. The van der Waals surface area contributed by atoms with Crippen molar-refractivity contribution < 1.29 is 23.2 Å². The molecule has 5 rings (SSSR count). The first-order valence-corrected chi connectivity index (χ1v) is 13.4. The van der Waals surface area contributed by atoms with Crippen molar-refractivity contribution in [2.75, 3.05) is 37.6 Å². The minimum atomic E-state index is -0.880. The monoisotopic (exact) mass is 528 g/mol. The zero-order valence-corrected chi connectivity index (χ0v) is 21.4. The molecule has 0 aromatic heterocycles. The molecule has 1 spiro atoms. The van der Waals surface area contributed by atoms with Crippen molar-refractivity contribution in [1.29, 1.82) is 0 Å². The van der Waals surface area contributed by atoms with E-state index in [-0.39, 0.29) is 24.4 Å². The van der Waals surface area contributed by atoms with Crippen molar-refractivity contribution in [3.63, 3.8) is 0 Å². The molecule has 1 saturated carbocycles. The van der Waals surface area contributed by atoms with Gasteiger partial charge in [0, 0.05) is 25.7 Å². The van der Waals surface area contributed by atoms with E-state index in [2.05, 4.69) is 10.2 Å². The van der Waals surface area contributed by atoms with Gasteiger partial charge in [0.25, 0.3) is 5.69 Å². The largest absolute Gasteiger partial charge is 0.445 e. The summed E-state index contributed by atoms with van der Waals surface area (Å²) in [5.74, 6) is -1.30. The topological polar surface area (TPSA) is 88.0 Å². The van der Waals surface area contributed by atoms with Crippen LogP contribution in [0.3, 0.4) is 0 Å². The summed E-state index contributed by atoms with van der Waals surface area (Å²) in [7, 11) is 0. The minimum Gasteiger partial charge on any atom is -0.445 e. The Morgan fingerprint density at radius 3 is 2.29 bits per heavy atom. The summed E-state index contributed by atoms with van der Waals surface area (Å²) in [6.45, 7) is 4.36. The Morgan fingerprint density at radius 2 is 1.68 bits per heavy atom. The molecule has 0 radical (unpaired) electrons. The number of benzene rings is 2. The summed E-state index contributed by atoms with van der Waals surface area (Å²) in [5.41, 5.74) is 0.544. The van der Waals surface area contributed by atoms with Gasteiger partial charge >= 0.3 is 6.09 Å². The second-order valence-electron chi connectivity index (χ2n) is 11.1. The minimum absolute atomic E-state index is 0.161. The summed E-state index contributed by atoms with van der Waals surface area (Å²) in [4.78, 5) is 26.4. The number of nitrogens with one attached hydrogen (secondary N) is 1. The summed E-state index contributed by atoms with van der Waals surface area (Å²) in [6.07, 6.45) is 5.51. The van der Waals surface area contributed by atoms with Crippen LogP contribution in [0.15, 0.2) is 42.5 Å². The lowest BCUT2D eigenvalue weighted by Crippen LogP contribution is -2.55. The second-order valence-corrected chi connectivity index (χ2v) is 11.1. The van der Waals surface area contributed by atoms with Gasteiger partial charge < -0.3 is 19.9 Å². The maximum Gasteiger partial charge on any atom is 0.407 e. The van der Waals surface area contributed by atoms with Gasteiger partial charge in [-0.1, -0.05) is 30.3 Å². The van der Waals surface area contributed by atoms with E-state index in [0.29, 0.717) is 24.4 Å². The smallest absolute Gasteiger partial charge is 0.407 e. The molecule has 1 aliphatic carbocycles. The van der Waals surface area contributed by atoms with E-state index >= 15 is 0 Å². The van der Waals surface area contributed by atoms with Crippen LogP contribution < -0.4 is 10.2 Å². The Kier molecular flexibility index (Phi) is 7.78. The quantitative estimate of drug-likeness (QED) is 0.390. The van der Waals surface area contributed by atoms with Gasteiger partial charge in [-0.15, -0.1) is 0 Å². The van der Waals surface area contributed by atoms with E-state index in [9.17, 15) is 23.7 Å². The molecule has 2 saturated heterocycles. The van der Waals surface area contributed by atoms with E-state index in [0.717, 1.165) is 75.9 Å². The lowest BCUT2D eigenvalue weighted by atomic mass is 9.60. The number of likely N-dealkylation sites (tertiary alicyclic amines) is 1. The average molecular weight is 529 g/mol. The number of amides is 1. The number of carbonyl (C=O) groups excluding carboxylic acids is 1. The molecule has 3 aliphatic rings. The molecule has 0 bridgehead atoms. The molecule has 2 aliphatic heterocycles. The van der Waals surface area contributed by atoms with Gasteiger partial charge in [0.05, 0.1) is 17.1 Å². The van der Waals surface area contributed by atoms with Crippen LogP contribution in [-0.2, 0) is 11.3 Å². The van der Waals surface area contributed by atoms with Crippen LogP contribution in [-0.4, -0.2) is 54.7 Å². The summed E-state index contributed by atoms with van der Waals surface area (Å²) in [5, 5.41) is 13.9. The molecule has 38 heavy (non-hydrogen) atoms. The van der Waals surface area contributed by atoms with Gasteiger partial charge in [0.15, 0.2) is 11.6 Å². The molecule has 2 aromatic carbocycles. The second kappa shape index (κ2) is 11.2. The van der Waals surface area contributed by atoms with E-state index < -0.39 is 22.2 Å². The van der Waals surface area contributed by atoms with Crippen molar-refractivity contribution in [3.8, 4) is 0 Å². The summed E-state index contributed by atoms with van der Waals surface area (Å²) < 4.78 is 34.2. The molecule has 204 valence electrons. The lowest BCUT2D eigenvalue weighted by Gasteiger charge is -2.52. The average Bonchev–Trinajstić information content (AvgIpc) is 2.89. The fourth-order valence-electron chi connectivity index (χ4n) is 6.30. The third-order valence-electron chi connectivity index (χ3n) is 8.47. The highest BCUT2D eigenvalue weighted by atomic mass is 19.1. The highest BCUT2D eigenvalue weighted by molar-refractivity contribution is 5.67. The number of nitro groups is 1. The first kappa shape index (κ1) is 26.3. The maximum absolute atomic E-state index is 14.4. The number of piperidine rings is 2. The number of nitro benzene ring substituents is 1. The van der Waals surface area contributed by atoms with Gasteiger partial charge in [-0.3, -0.25) is 10.1 Å². The number of anilines is 1. The van der Waals surface area contributed by atoms with Gasteiger partial charge in [-0.25, -0.2) is 13.6 Å². The van der Waals surface area contributed by atoms with Crippen LogP contribution in [0.5, 0.6) is 0 Å². The number of hydrogen-bond acceptors (Lipinski definition) is 6.